The lowest BCUT2D eigenvalue weighted by Gasteiger charge is -2.07. The van der Waals surface area contributed by atoms with Crippen LogP contribution in [0.15, 0.2) is 0 Å². The van der Waals surface area contributed by atoms with Crippen LogP contribution in [-0.4, -0.2) is 35.3 Å². The van der Waals surface area contributed by atoms with Gasteiger partial charge in [-0.25, -0.2) is 4.98 Å². The molecule has 0 amide bonds. The molecule has 1 rings (SSSR count). The molecule has 0 saturated heterocycles. The first kappa shape index (κ1) is 14.9. The minimum atomic E-state index is -0.821. The van der Waals surface area contributed by atoms with Crippen molar-refractivity contribution in [3.63, 3.8) is 0 Å². The topological polar surface area (TPSA) is 71.5 Å². The van der Waals surface area contributed by atoms with Gasteiger partial charge in [0.1, 0.15) is 0 Å². The lowest BCUT2D eigenvalue weighted by molar-refractivity contribution is -0.136. The predicted octanol–water partition coefficient (Wildman–Crippen LogP) is 2.31. The van der Waals surface area contributed by atoms with E-state index in [1.165, 1.54) is 11.3 Å². The third kappa shape index (κ3) is 5.46. The maximum atomic E-state index is 10.6. The van der Waals surface area contributed by atoms with Crippen LogP contribution in [0.4, 0.5) is 5.13 Å². The third-order valence-electron chi connectivity index (χ3n) is 2.25. The molecule has 1 aromatic heterocycles. The van der Waals surface area contributed by atoms with Gasteiger partial charge >= 0.3 is 5.97 Å². The summed E-state index contributed by atoms with van der Waals surface area (Å²) in [5.41, 5.74) is 0.795. The van der Waals surface area contributed by atoms with Crippen molar-refractivity contribution in [2.24, 2.45) is 0 Å². The standard InChI is InChI=1S/C12H20N2O3S/c1-8(2)17-6-4-5-13-12-14-9(3)10(18-12)7-11(15)16/h8H,4-7H2,1-3H3,(H,13,14)(H,15,16). The second-order valence-corrected chi connectivity index (χ2v) is 5.38. The number of thiazole rings is 1. The van der Waals surface area contributed by atoms with Crippen LogP contribution in [0.2, 0.25) is 0 Å². The van der Waals surface area contributed by atoms with Gasteiger partial charge < -0.3 is 15.2 Å². The number of hydrogen-bond donors (Lipinski definition) is 2. The van der Waals surface area contributed by atoms with Gasteiger partial charge in [-0.05, 0) is 27.2 Å². The minimum absolute atomic E-state index is 0.0433. The Balaban J connectivity index is 2.32. The highest BCUT2D eigenvalue weighted by Crippen LogP contribution is 2.22. The van der Waals surface area contributed by atoms with Crippen molar-refractivity contribution in [1.29, 1.82) is 0 Å². The number of hydrogen-bond acceptors (Lipinski definition) is 5. The van der Waals surface area contributed by atoms with Crippen LogP contribution in [0.5, 0.6) is 0 Å². The van der Waals surface area contributed by atoms with Crippen molar-refractivity contribution >= 4 is 22.4 Å². The van der Waals surface area contributed by atoms with Crippen molar-refractivity contribution in [3.05, 3.63) is 10.6 Å². The van der Waals surface area contributed by atoms with E-state index in [9.17, 15) is 4.79 Å². The Hall–Kier alpha value is -1.14. The lowest BCUT2D eigenvalue weighted by Crippen LogP contribution is -2.09. The zero-order valence-corrected chi connectivity index (χ0v) is 11.8. The van der Waals surface area contributed by atoms with Crippen molar-refractivity contribution in [2.75, 3.05) is 18.5 Å². The summed E-state index contributed by atoms with van der Waals surface area (Å²) in [7, 11) is 0. The first-order chi connectivity index (χ1) is 8.49. The molecule has 5 nitrogen and oxygen atoms in total. The fraction of sp³-hybridized carbons (Fsp3) is 0.667. The fourth-order valence-corrected chi connectivity index (χ4v) is 2.37. The van der Waals surface area contributed by atoms with Gasteiger partial charge in [0.25, 0.3) is 0 Å². The third-order valence-corrected chi connectivity index (χ3v) is 3.37. The molecule has 0 aromatic carbocycles. The van der Waals surface area contributed by atoms with Crippen molar-refractivity contribution in [2.45, 2.75) is 39.7 Å². The van der Waals surface area contributed by atoms with E-state index < -0.39 is 5.97 Å². The molecule has 1 aromatic rings. The normalized spacial score (nSPS) is 10.9. The number of carboxylic acid groups (broad SMARTS) is 1. The SMILES string of the molecule is Cc1nc(NCCCOC(C)C)sc1CC(=O)O. The molecule has 0 radical (unpaired) electrons. The Labute approximate surface area is 111 Å². The fourth-order valence-electron chi connectivity index (χ4n) is 1.39. The lowest BCUT2D eigenvalue weighted by atomic mass is 10.3. The second-order valence-electron chi connectivity index (χ2n) is 4.30. The number of anilines is 1. The first-order valence-corrected chi connectivity index (χ1v) is 6.84. The molecule has 6 heteroatoms. The van der Waals surface area contributed by atoms with Gasteiger partial charge in [-0.1, -0.05) is 0 Å². The van der Waals surface area contributed by atoms with Gasteiger partial charge in [-0.3, -0.25) is 4.79 Å². The molecule has 0 unspecified atom stereocenters. The number of rotatable bonds is 8. The van der Waals surface area contributed by atoms with Crippen LogP contribution >= 0.6 is 11.3 Å². The number of nitrogens with one attached hydrogen (secondary N) is 1. The van der Waals surface area contributed by atoms with Gasteiger partial charge in [0, 0.05) is 18.0 Å². The summed E-state index contributed by atoms with van der Waals surface area (Å²) in [5, 5.41) is 12.7. The van der Waals surface area contributed by atoms with Crippen molar-refractivity contribution in [1.82, 2.24) is 4.98 Å². The Kier molecular flexibility index (Phi) is 6.07. The number of aryl methyl sites for hydroxylation is 1. The van der Waals surface area contributed by atoms with E-state index in [4.69, 9.17) is 9.84 Å². The minimum Gasteiger partial charge on any atom is -0.481 e. The van der Waals surface area contributed by atoms with Crippen LogP contribution in [0.3, 0.4) is 0 Å². The number of aliphatic carboxylic acids is 1. The molecule has 18 heavy (non-hydrogen) atoms. The molecular formula is C12H20N2O3S. The van der Waals surface area contributed by atoms with Crippen LogP contribution in [0.25, 0.3) is 0 Å². The van der Waals surface area contributed by atoms with Gasteiger partial charge in [0.2, 0.25) is 0 Å². The number of nitrogens with zero attached hydrogens (tertiary/aromatic N) is 1. The zero-order chi connectivity index (χ0) is 13.5. The quantitative estimate of drug-likeness (QED) is 0.711. The molecule has 0 fully saturated rings. The second kappa shape index (κ2) is 7.33. The molecule has 0 aliphatic heterocycles. The highest BCUT2D eigenvalue weighted by atomic mass is 32.1. The molecule has 0 aliphatic carbocycles. The summed E-state index contributed by atoms with van der Waals surface area (Å²) in [4.78, 5) is 15.7. The average Bonchev–Trinajstić information content (AvgIpc) is 2.57. The Morgan fingerprint density at radius 2 is 2.28 bits per heavy atom. The Bertz CT molecular complexity index is 391. The summed E-state index contributed by atoms with van der Waals surface area (Å²) in [6, 6.07) is 0. The molecule has 102 valence electrons. The Morgan fingerprint density at radius 1 is 1.56 bits per heavy atom. The summed E-state index contributed by atoms with van der Waals surface area (Å²) in [6.07, 6.45) is 1.21. The zero-order valence-electron chi connectivity index (χ0n) is 11.0. The van der Waals surface area contributed by atoms with Crippen LogP contribution in [-0.2, 0) is 16.0 Å². The van der Waals surface area contributed by atoms with Crippen LogP contribution < -0.4 is 5.32 Å². The molecule has 1 heterocycles. The number of carboxylic acids is 1. The summed E-state index contributed by atoms with van der Waals surface area (Å²) in [6.45, 7) is 7.36. The molecule has 0 spiro atoms. The maximum Gasteiger partial charge on any atom is 0.308 e. The highest BCUT2D eigenvalue weighted by Gasteiger charge is 2.10. The van der Waals surface area contributed by atoms with Gasteiger partial charge in [-0.15, -0.1) is 11.3 Å². The van der Waals surface area contributed by atoms with Gasteiger partial charge in [0.15, 0.2) is 5.13 Å². The number of aromatic nitrogens is 1. The largest absolute Gasteiger partial charge is 0.481 e. The predicted molar refractivity (Wildman–Crippen MR) is 72.4 cm³/mol. The molecular weight excluding hydrogens is 252 g/mol. The van der Waals surface area contributed by atoms with Crippen molar-refractivity contribution < 1.29 is 14.6 Å². The van der Waals surface area contributed by atoms with E-state index in [2.05, 4.69) is 10.3 Å². The average molecular weight is 272 g/mol. The van der Waals surface area contributed by atoms with E-state index in [1.807, 2.05) is 20.8 Å². The smallest absolute Gasteiger partial charge is 0.308 e. The number of carbonyl (C=O) groups is 1. The highest BCUT2D eigenvalue weighted by molar-refractivity contribution is 7.15. The first-order valence-electron chi connectivity index (χ1n) is 6.02. The van der Waals surface area contributed by atoms with E-state index in [0.717, 1.165) is 35.3 Å². The number of ether oxygens (including phenoxy) is 1. The summed E-state index contributed by atoms with van der Waals surface area (Å²) < 4.78 is 5.43. The maximum absolute atomic E-state index is 10.6. The summed E-state index contributed by atoms with van der Waals surface area (Å²) in [5.74, 6) is -0.821. The summed E-state index contributed by atoms with van der Waals surface area (Å²) >= 11 is 1.41. The molecule has 0 atom stereocenters. The van der Waals surface area contributed by atoms with Crippen LogP contribution in [0.1, 0.15) is 30.8 Å². The van der Waals surface area contributed by atoms with Gasteiger partial charge in [0.05, 0.1) is 18.2 Å². The molecule has 0 bridgehead atoms. The Morgan fingerprint density at radius 3 is 2.89 bits per heavy atom. The van der Waals surface area contributed by atoms with E-state index >= 15 is 0 Å². The van der Waals surface area contributed by atoms with Crippen molar-refractivity contribution in [3.8, 4) is 0 Å². The van der Waals surface area contributed by atoms with E-state index in [0.29, 0.717) is 0 Å². The van der Waals surface area contributed by atoms with Crippen LogP contribution in [0, 0.1) is 6.92 Å². The molecule has 0 aliphatic rings. The molecule has 2 N–H and O–H groups in total. The monoisotopic (exact) mass is 272 g/mol. The molecule has 0 saturated carbocycles. The van der Waals surface area contributed by atoms with Gasteiger partial charge in [-0.2, -0.15) is 0 Å². The van der Waals surface area contributed by atoms with E-state index in [-0.39, 0.29) is 12.5 Å². The van der Waals surface area contributed by atoms with E-state index in [1.54, 1.807) is 0 Å².